The highest BCUT2D eigenvalue weighted by molar-refractivity contribution is 5.87. The molecule has 1 aliphatic heterocycles. The number of hydrogen-bond donors (Lipinski definition) is 2. The lowest BCUT2D eigenvalue weighted by molar-refractivity contribution is 0.0903. The highest BCUT2D eigenvalue weighted by atomic mass is 16.5. The molecule has 0 atom stereocenters. The maximum absolute atomic E-state index is 10.2. The van der Waals surface area contributed by atoms with E-state index in [9.17, 15) is 5.11 Å². The molecule has 8 nitrogen and oxygen atoms in total. The van der Waals surface area contributed by atoms with Gasteiger partial charge in [-0.2, -0.15) is 4.98 Å². The molecule has 4 heterocycles. The van der Waals surface area contributed by atoms with Crippen molar-refractivity contribution < 1.29 is 14.3 Å². The number of imidazole rings is 1. The molecule has 0 aliphatic carbocycles. The summed E-state index contributed by atoms with van der Waals surface area (Å²) in [5.41, 5.74) is 3.27. The van der Waals surface area contributed by atoms with Crippen molar-refractivity contribution in [1.82, 2.24) is 19.5 Å². The van der Waals surface area contributed by atoms with Crippen LogP contribution in [-0.2, 0) is 4.74 Å². The minimum absolute atomic E-state index is 0.171. The van der Waals surface area contributed by atoms with Crippen molar-refractivity contribution in [3.8, 4) is 23.0 Å². The number of benzene rings is 2. The van der Waals surface area contributed by atoms with Gasteiger partial charge in [-0.3, -0.25) is 4.57 Å². The lowest BCUT2D eigenvalue weighted by Gasteiger charge is -2.23. The predicted octanol–water partition coefficient (Wildman–Crippen LogP) is 4.53. The Labute approximate surface area is 183 Å². The molecule has 8 heteroatoms. The van der Waals surface area contributed by atoms with Gasteiger partial charge in [-0.1, -0.05) is 0 Å². The number of hydrogen-bond acceptors (Lipinski definition) is 7. The SMILES string of the molecule is Oc1ccc2nc(-c3ccc4occc4c3)n(-c3ccnc(NC4CCOCC4)n3)c2c1. The molecule has 160 valence electrons. The Morgan fingerprint density at radius 2 is 1.91 bits per heavy atom. The third-order valence-electron chi connectivity index (χ3n) is 5.77. The molecule has 1 saturated heterocycles. The molecule has 32 heavy (non-hydrogen) atoms. The molecule has 1 fully saturated rings. The van der Waals surface area contributed by atoms with Crippen LogP contribution in [0.1, 0.15) is 12.8 Å². The molecule has 1 aliphatic rings. The van der Waals surface area contributed by atoms with Crippen molar-refractivity contribution in [2.75, 3.05) is 18.5 Å². The molecule has 0 spiro atoms. The first kappa shape index (κ1) is 18.8. The van der Waals surface area contributed by atoms with Crippen molar-refractivity contribution in [1.29, 1.82) is 0 Å². The van der Waals surface area contributed by atoms with Crippen LogP contribution in [0.25, 0.3) is 39.2 Å². The van der Waals surface area contributed by atoms with Crippen LogP contribution in [0.15, 0.2) is 65.4 Å². The summed E-state index contributed by atoms with van der Waals surface area (Å²) in [5, 5.41) is 14.6. The van der Waals surface area contributed by atoms with Crippen molar-refractivity contribution in [2.45, 2.75) is 18.9 Å². The summed E-state index contributed by atoms with van der Waals surface area (Å²) in [4.78, 5) is 14.1. The number of aromatic hydroxyl groups is 1. The van der Waals surface area contributed by atoms with Crippen molar-refractivity contribution >= 4 is 28.0 Å². The third-order valence-corrected chi connectivity index (χ3v) is 5.77. The summed E-state index contributed by atoms with van der Waals surface area (Å²) >= 11 is 0. The van der Waals surface area contributed by atoms with Crippen LogP contribution in [0.2, 0.25) is 0 Å². The normalized spacial score (nSPS) is 14.9. The summed E-state index contributed by atoms with van der Waals surface area (Å²) in [6, 6.07) is 15.2. The number of ether oxygens (including phenoxy) is 1. The number of rotatable bonds is 4. The summed E-state index contributed by atoms with van der Waals surface area (Å²) in [6.07, 6.45) is 5.26. The highest BCUT2D eigenvalue weighted by Gasteiger charge is 2.19. The van der Waals surface area contributed by atoms with Crippen LogP contribution in [0.5, 0.6) is 5.75 Å². The quantitative estimate of drug-likeness (QED) is 0.435. The zero-order chi connectivity index (χ0) is 21.5. The Morgan fingerprint density at radius 1 is 1.00 bits per heavy atom. The second-order valence-corrected chi connectivity index (χ2v) is 7.89. The first-order chi connectivity index (χ1) is 15.7. The first-order valence-corrected chi connectivity index (χ1v) is 10.6. The van der Waals surface area contributed by atoms with E-state index in [1.54, 1.807) is 24.6 Å². The first-order valence-electron chi connectivity index (χ1n) is 10.6. The Morgan fingerprint density at radius 3 is 2.81 bits per heavy atom. The van der Waals surface area contributed by atoms with Gasteiger partial charge in [-0.05, 0) is 55.3 Å². The fraction of sp³-hybridized carbons (Fsp3) is 0.208. The van der Waals surface area contributed by atoms with E-state index >= 15 is 0 Å². The van der Waals surface area contributed by atoms with Crippen LogP contribution in [0.4, 0.5) is 5.95 Å². The van der Waals surface area contributed by atoms with Gasteiger partial charge >= 0.3 is 0 Å². The number of phenols is 1. The molecule has 0 unspecified atom stereocenters. The lowest BCUT2D eigenvalue weighted by Crippen LogP contribution is -2.28. The van der Waals surface area contributed by atoms with E-state index in [2.05, 4.69) is 10.3 Å². The van der Waals surface area contributed by atoms with Gasteiger partial charge in [0.1, 0.15) is 23.0 Å². The summed E-state index contributed by atoms with van der Waals surface area (Å²) in [5.74, 6) is 2.13. The van der Waals surface area contributed by atoms with Gasteiger partial charge in [-0.15, -0.1) is 0 Å². The fourth-order valence-corrected chi connectivity index (χ4v) is 4.16. The number of anilines is 1. The summed E-state index contributed by atoms with van der Waals surface area (Å²) in [6.45, 7) is 1.48. The molecule has 0 radical (unpaired) electrons. The second kappa shape index (κ2) is 7.65. The van der Waals surface area contributed by atoms with Crippen LogP contribution in [0.3, 0.4) is 0 Å². The van der Waals surface area contributed by atoms with Crippen LogP contribution in [-0.4, -0.2) is 43.9 Å². The van der Waals surface area contributed by atoms with Crippen molar-refractivity contribution in [3.63, 3.8) is 0 Å². The van der Waals surface area contributed by atoms with Gasteiger partial charge in [0.15, 0.2) is 0 Å². The fourth-order valence-electron chi connectivity index (χ4n) is 4.16. The zero-order valence-corrected chi connectivity index (χ0v) is 17.2. The number of aromatic nitrogens is 4. The van der Waals surface area contributed by atoms with E-state index < -0.39 is 0 Å². The van der Waals surface area contributed by atoms with E-state index in [0.717, 1.165) is 59.4 Å². The van der Waals surface area contributed by atoms with E-state index in [4.69, 9.17) is 19.1 Å². The number of furan rings is 1. The molecule has 5 aromatic rings. The molecule has 6 rings (SSSR count). The molecule has 0 saturated carbocycles. The topological polar surface area (TPSA) is 98.2 Å². The van der Waals surface area contributed by atoms with Crippen molar-refractivity contribution in [2.24, 2.45) is 0 Å². The maximum Gasteiger partial charge on any atom is 0.224 e. The minimum atomic E-state index is 0.171. The molecule has 2 N–H and O–H groups in total. The van der Waals surface area contributed by atoms with Gasteiger partial charge in [-0.25, -0.2) is 9.97 Å². The Bertz CT molecular complexity index is 1420. The standard InChI is InChI=1S/C24H21N5O3/c30-18-2-3-19-20(14-18)29(23(27-19)16-1-4-21-15(13-16)6-12-32-21)22-5-9-25-24(28-22)26-17-7-10-31-11-8-17/h1-6,9,12-14,17,30H,7-8,10-11H2,(H,25,26,28). The second-order valence-electron chi connectivity index (χ2n) is 7.89. The van der Waals surface area contributed by atoms with Gasteiger partial charge < -0.3 is 19.6 Å². The average molecular weight is 427 g/mol. The molecule has 3 aromatic heterocycles. The van der Waals surface area contributed by atoms with Crippen LogP contribution in [0, 0.1) is 0 Å². The van der Waals surface area contributed by atoms with Crippen LogP contribution < -0.4 is 5.32 Å². The number of phenolic OH excluding ortho intramolecular Hbond substituents is 1. The average Bonchev–Trinajstić information content (AvgIpc) is 3.43. The highest BCUT2D eigenvalue weighted by Crippen LogP contribution is 2.32. The lowest BCUT2D eigenvalue weighted by atomic mass is 10.1. The Hall–Kier alpha value is -3.91. The van der Waals surface area contributed by atoms with E-state index in [-0.39, 0.29) is 11.8 Å². The zero-order valence-electron chi connectivity index (χ0n) is 17.2. The minimum Gasteiger partial charge on any atom is -0.508 e. The molecule has 0 amide bonds. The predicted molar refractivity (Wildman–Crippen MR) is 121 cm³/mol. The van der Waals surface area contributed by atoms with Crippen LogP contribution >= 0.6 is 0 Å². The van der Waals surface area contributed by atoms with Gasteiger partial charge in [0.05, 0.1) is 17.3 Å². The third kappa shape index (κ3) is 3.34. The Balaban J connectivity index is 1.49. The maximum atomic E-state index is 10.2. The van der Waals surface area contributed by atoms with E-state index in [0.29, 0.717) is 11.8 Å². The van der Waals surface area contributed by atoms with Crippen molar-refractivity contribution in [3.05, 3.63) is 61.0 Å². The van der Waals surface area contributed by atoms with E-state index in [1.807, 2.05) is 41.0 Å². The monoisotopic (exact) mass is 427 g/mol. The molecule has 0 bridgehead atoms. The smallest absolute Gasteiger partial charge is 0.224 e. The van der Waals surface area contributed by atoms with Gasteiger partial charge in [0.2, 0.25) is 5.95 Å². The molecular formula is C24H21N5O3. The molecule has 2 aromatic carbocycles. The summed E-state index contributed by atoms with van der Waals surface area (Å²) < 4.78 is 12.9. The van der Waals surface area contributed by atoms with Gasteiger partial charge in [0.25, 0.3) is 0 Å². The number of fused-ring (bicyclic) bond motifs is 2. The summed E-state index contributed by atoms with van der Waals surface area (Å²) in [7, 11) is 0. The molecular weight excluding hydrogens is 406 g/mol. The van der Waals surface area contributed by atoms with E-state index in [1.165, 1.54) is 0 Å². The number of nitrogens with zero attached hydrogens (tertiary/aromatic N) is 4. The number of nitrogens with one attached hydrogen (secondary N) is 1. The largest absolute Gasteiger partial charge is 0.508 e. The Kier molecular flexibility index (Phi) is 4.50. The van der Waals surface area contributed by atoms with Gasteiger partial charge in [0, 0.05) is 42.5 Å².